The maximum Gasteiger partial charge on any atom is 0.422 e. The molecule has 0 spiro atoms. The smallest absolute Gasteiger partial charge is 0.422 e. The molecule has 5 nitrogen and oxygen atoms in total. The molecule has 2 aromatic carbocycles. The van der Waals surface area contributed by atoms with Crippen molar-refractivity contribution < 1.29 is 22.7 Å². The van der Waals surface area contributed by atoms with Crippen LogP contribution in [0.3, 0.4) is 0 Å². The van der Waals surface area contributed by atoms with E-state index in [9.17, 15) is 18.0 Å². The highest BCUT2D eigenvalue weighted by Gasteiger charge is 2.28. The highest BCUT2D eigenvalue weighted by Crippen LogP contribution is 2.20. The zero-order chi connectivity index (χ0) is 19.3. The number of benzene rings is 2. The van der Waals surface area contributed by atoms with E-state index in [0.29, 0.717) is 5.69 Å². The van der Waals surface area contributed by atoms with Gasteiger partial charge in [0, 0.05) is 11.9 Å². The molecular weight excluding hydrogens is 359 g/mol. The summed E-state index contributed by atoms with van der Waals surface area (Å²) in [5.41, 5.74) is 2.09. The number of hydrogen-bond donors (Lipinski definition) is 1. The Labute approximate surface area is 153 Å². The Morgan fingerprint density at radius 3 is 2.44 bits per heavy atom. The number of anilines is 1. The Balaban J connectivity index is 1.54. The van der Waals surface area contributed by atoms with Gasteiger partial charge in [0.2, 0.25) is 5.91 Å². The zero-order valence-electron chi connectivity index (χ0n) is 14.1. The van der Waals surface area contributed by atoms with Crippen LogP contribution in [0.1, 0.15) is 5.56 Å². The van der Waals surface area contributed by atoms with Crippen LogP contribution in [-0.4, -0.2) is 28.5 Å². The Morgan fingerprint density at radius 1 is 1.07 bits per heavy atom. The molecule has 8 heteroatoms. The maximum absolute atomic E-state index is 12.1. The van der Waals surface area contributed by atoms with Crippen LogP contribution >= 0.6 is 0 Å². The van der Waals surface area contributed by atoms with Crippen LogP contribution in [0.5, 0.6) is 5.75 Å². The summed E-state index contributed by atoms with van der Waals surface area (Å²) in [6.07, 6.45) is -0.889. The van der Waals surface area contributed by atoms with Crippen molar-refractivity contribution in [1.82, 2.24) is 9.78 Å². The second-order valence-electron chi connectivity index (χ2n) is 5.78. The van der Waals surface area contributed by atoms with Crippen molar-refractivity contribution >= 4 is 11.6 Å². The van der Waals surface area contributed by atoms with Crippen molar-refractivity contribution in [3.05, 3.63) is 72.6 Å². The first-order valence-electron chi connectivity index (χ1n) is 8.07. The number of amides is 1. The van der Waals surface area contributed by atoms with E-state index >= 15 is 0 Å². The normalized spacial score (nSPS) is 11.2. The number of hydrogen-bond acceptors (Lipinski definition) is 3. The Bertz CT molecular complexity index is 891. The van der Waals surface area contributed by atoms with E-state index in [1.807, 2.05) is 30.3 Å². The molecule has 0 radical (unpaired) electrons. The van der Waals surface area contributed by atoms with Gasteiger partial charge in [-0.3, -0.25) is 4.79 Å². The first kappa shape index (κ1) is 18.5. The molecule has 0 aliphatic carbocycles. The number of halogens is 3. The van der Waals surface area contributed by atoms with Gasteiger partial charge in [-0.1, -0.05) is 18.2 Å². The average molecular weight is 375 g/mol. The van der Waals surface area contributed by atoms with E-state index in [4.69, 9.17) is 0 Å². The fraction of sp³-hybridized carbons (Fsp3) is 0.158. The van der Waals surface area contributed by atoms with Crippen molar-refractivity contribution in [3.8, 4) is 11.4 Å². The summed E-state index contributed by atoms with van der Waals surface area (Å²) in [7, 11) is 0. The molecule has 1 N–H and O–H groups in total. The number of carbonyl (C=O) groups excluding carboxylic acids is 1. The van der Waals surface area contributed by atoms with Crippen molar-refractivity contribution in [2.45, 2.75) is 12.6 Å². The summed E-state index contributed by atoms with van der Waals surface area (Å²) in [4.78, 5) is 12.1. The molecule has 3 rings (SSSR count). The number of rotatable bonds is 6. The average Bonchev–Trinajstić information content (AvgIpc) is 3.09. The molecule has 0 atom stereocenters. The van der Waals surface area contributed by atoms with E-state index in [1.54, 1.807) is 17.1 Å². The topological polar surface area (TPSA) is 56.2 Å². The highest BCUT2D eigenvalue weighted by atomic mass is 19.4. The molecule has 0 fully saturated rings. The molecule has 0 aliphatic heterocycles. The minimum Gasteiger partial charge on any atom is -0.484 e. The van der Waals surface area contributed by atoms with Crippen molar-refractivity contribution in [1.29, 1.82) is 0 Å². The van der Waals surface area contributed by atoms with Gasteiger partial charge in [-0.2, -0.15) is 18.3 Å². The van der Waals surface area contributed by atoms with E-state index < -0.39 is 12.8 Å². The Hall–Kier alpha value is -3.29. The predicted octanol–water partition coefficient (Wildman–Crippen LogP) is 3.99. The van der Waals surface area contributed by atoms with Crippen molar-refractivity contribution in [3.63, 3.8) is 0 Å². The van der Waals surface area contributed by atoms with Crippen LogP contribution < -0.4 is 10.1 Å². The Kier molecular flexibility index (Phi) is 5.44. The van der Waals surface area contributed by atoms with Gasteiger partial charge in [-0.15, -0.1) is 0 Å². The molecule has 27 heavy (non-hydrogen) atoms. The molecule has 0 bridgehead atoms. The van der Waals surface area contributed by atoms with Crippen LogP contribution in [0.15, 0.2) is 67.0 Å². The number of para-hydroxylation sites is 1. The monoisotopic (exact) mass is 375 g/mol. The molecule has 0 saturated heterocycles. The molecule has 140 valence electrons. The maximum atomic E-state index is 12.1. The third kappa shape index (κ3) is 5.60. The third-order valence-electron chi connectivity index (χ3n) is 3.56. The summed E-state index contributed by atoms with van der Waals surface area (Å²) in [5.74, 6) is -0.180. The summed E-state index contributed by atoms with van der Waals surface area (Å²) >= 11 is 0. The molecule has 1 amide bonds. The molecule has 0 unspecified atom stereocenters. The minimum atomic E-state index is -4.39. The number of aromatic nitrogens is 2. The molecule has 1 heterocycles. The minimum absolute atomic E-state index is 0.0782. The van der Waals surface area contributed by atoms with Crippen molar-refractivity contribution in [2.75, 3.05) is 11.9 Å². The highest BCUT2D eigenvalue weighted by molar-refractivity contribution is 5.92. The van der Waals surface area contributed by atoms with E-state index in [-0.39, 0.29) is 18.1 Å². The lowest BCUT2D eigenvalue weighted by Crippen LogP contribution is -2.19. The summed E-state index contributed by atoms with van der Waals surface area (Å²) in [6, 6.07) is 15.2. The van der Waals surface area contributed by atoms with Gasteiger partial charge in [-0.25, -0.2) is 4.68 Å². The molecule has 0 saturated carbocycles. The van der Waals surface area contributed by atoms with Crippen molar-refractivity contribution in [2.24, 2.45) is 0 Å². The molecular formula is C19H16F3N3O2. The predicted molar refractivity (Wildman–Crippen MR) is 93.9 cm³/mol. The second-order valence-corrected chi connectivity index (χ2v) is 5.78. The van der Waals surface area contributed by atoms with Crippen LogP contribution in [0.2, 0.25) is 0 Å². The summed E-state index contributed by atoms with van der Waals surface area (Å²) in [5, 5.41) is 6.91. The van der Waals surface area contributed by atoms with Gasteiger partial charge in [0.1, 0.15) is 5.75 Å². The van der Waals surface area contributed by atoms with Crippen LogP contribution in [0.25, 0.3) is 5.69 Å². The summed E-state index contributed by atoms with van der Waals surface area (Å²) < 4.78 is 42.7. The van der Waals surface area contributed by atoms with E-state index in [2.05, 4.69) is 15.2 Å². The first-order valence-corrected chi connectivity index (χ1v) is 8.07. The lowest BCUT2D eigenvalue weighted by atomic mass is 10.2. The standard InChI is InChI=1S/C19H16F3N3O2/c20-19(21,22)13-27-17-8-6-15(7-9-17)24-18(26)10-14-11-23-25(12-14)16-4-2-1-3-5-16/h1-9,11-12H,10,13H2,(H,24,26). The largest absolute Gasteiger partial charge is 0.484 e. The van der Waals surface area contributed by atoms with Crippen LogP contribution in [0, 0.1) is 0 Å². The summed E-state index contributed by atoms with van der Waals surface area (Å²) in [6.45, 7) is -1.36. The number of ether oxygens (including phenoxy) is 1. The number of nitrogens with zero attached hydrogens (tertiary/aromatic N) is 2. The molecule has 0 aliphatic rings. The molecule has 1 aromatic heterocycles. The van der Waals surface area contributed by atoms with Gasteiger partial charge in [0.05, 0.1) is 18.3 Å². The number of alkyl halides is 3. The first-order chi connectivity index (χ1) is 12.9. The van der Waals surface area contributed by atoms with Gasteiger partial charge in [-0.05, 0) is 42.0 Å². The molecule has 3 aromatic rings. The quantitative estimate of drug-likeness (QED) is 0.709. The van der Waals surface area contributed by atoms with Gasteiger partial charge < -0.3 is 10.1 Å². The number of carbonyl (C=O) groups is 1. The second kappa shape index (κ2) is 7.94. The van der Waals surface area contributed by atoms with Gasteiger partial charge in [0.25, 0.3) is 0 Å². The zero-order valence-corrected chi connectivity index (χ0v) is 14.1. The van der Waals surface area contributed by atoms with Crippen LogP contribution in [0.4, 0.5) is 18.9 Å². The Morgan fingerprint density at radius 2 is 1.78 bits per heavy atom. The number of nitrogens with one attached hydrogen (secondary N) is 1. The lowest BCUT2D eigenvalue weighted by Gasteiger charge is -2.10. The third-order valence-corrected chi connectivity index (χ3v) is 3.56. The van der Waals surface area contributed by atoms with Gasteiger partial charge >= 0.3 is 6.18 Å². The fourth-order valence-electron chi connectivity index (χ4n) is 2.36. The SMILES string of the molecule is O=C(Cc1cnn(-c2ccccc2)c1)Nc1ccc(OCC(F)(F)F)cc1. The van der Waals surface area contributed by atoms with E-state index in [0.717, 1.165) is 11.3 Å². The fourth-order valence-corrected chi connectivity index (χ4v) is 2.36. The van der Waals surface area contributed by atoms with Crippen LogP contribution in [-0.2, 0) is 11.2 Å². The van der Waals surface area contributed by atoms with Gasteiger partial charge in [0.15, 0.2) is 6.61 Å². The lowest BCUT2D eigenvalue weighted by molar-refractivity contribution is -0.153. The van der Waals surface area contributed by atoms with E-state index in [1.165, 1.54) is 24.3 Å².